The van der Waals surface area contributed by atoms with Gasteiger partial charge in [-0.05, 0) is 27.9 Å². The zero-order chi connectivity index (χ0) is 14.0. The summed E-state index contributed by atoms with van der Waals surface area (Å²) in [6.07, 6.45) is 1.63. The summed E-state index contributed by atoms with van der Waals surface area (Å²) in [6.45, 7) is 4.66. The lowest BCUT2D eigenvalue weighted by molar-refractivity contribution is 0.112. The third-order valence-electron chi connectivity index (χ3n) is 3.18. The van der Waals surface area contributed by atoms with E-state index in [0.717, 1.165) is 5.39 Å². The van der Waals surface area contributed by atoms with Gasteiger partial charge in [0.15, 0.2) is 5.65 Å². The van der Waals surface area contributed by atoms with Gasteiger partial charge in [-0.1, -0.05) is 0 Å². The lowest BCUT2D eigenvalue weighted by Gasteiger charge is -2.31. The first-order valence-electron chi connectivity index (χ1n) is 5.92. The quantitative estimate of drug-likeness (QED) is 0.529. The molecule has 0 aliphatic rings. The van der Waals surface area contributed by atoms with Crippen LogP contribution in [0.5, 0.6) is 5.88 Å². The maximum Gasteiger partial charge on any atom is 0.242 e. The summed E-state index contributed by atoms with van der Waals surface area (Å²) in [6, 6.07) is 0. The Morgan fingerprint density at radius 2 is 2.16 bits per heavy atom. The molecule has 8 nitrogen and oxygen atoms in total. The van der Waals surface area contributed by atoms with Crippen molar-refractivity contribution in [3.63, 3.8) is 0 Å². The number of fused-ring (bicyclic) bond motifs is 1. The molecule has 2 rings (SSSR count). The highest BCUT2D eigenvalue weighted by molar-refractivity contribution is 5.80. The highest BCUT2D eigenvalue weighted by Crippen LogP contribution is 2.23. The summed E-state index contributed by atoms with van der Waals surface area (Å²) >= 11 is 0. The molecule has 0 aliphatic carbocycles. The first kappa shape index (κ1) is 13.5. The van der Waals surface area contributed by atoms with Gasteiger partial charge in [-0.2, -0.15) is 15.1 Å². The van der Waals surface area contributed by atoms with Crippen molar-refractivity contribution in [2.45, 2.75) is 19.4 Å². The van der Waals surface area contributed by atoms with E-state index in [0.29, 0.717) is 18.1 Å². The molecule has 0 amide bonds. The van der Waals surface area contributed by atoms with Gasteiger partial charge in [-0.25, -0.2) is 5.84 Å². The smallest absolute Gasteiger partial charge is 0.242 e. The average molecular weight is 265 g/mol. The Labute approximate surface area is 111 Å². The van der Waals surface area contributed by atoms with Crippen molar-refractivity contribution in [3.05, 3.63) is 6.20 Å². The van der Waals surface area contributed by atoms with Gasteiger partial charge in [-0.3, -0.25) is 10.5 Å². The van der Waals surface area contributed by atoms with Gasteiger partial charge in [0.2, 0.25) is 11.8 Å². The zero-order valence-corrected chi connectivity index (χ0v) is 11.6. The van der Waals surface area contributed by atoms with E-state index in [1.165, 1.54) is 0 Å². The lowest BCUT2D eigenvalue weighted by Crippen LogP contribution is -2.43. The number of nitrogens with zero attached hydrogens (tertiary/aromatic N) is 4. The zero-order valence-electron chi connectivity index (χ0n) is 11.6. The van der Waals surface area contributed by atoms with Crippen LogP contribution in [0, 0.1) is 0 Å². The largest absolute Gasteiger partial charge is 0.475 e. The summed E-state index contributed by atoms with van der Waals surface area (Å²) < 4.78 is 5.80. The number of anilines is 1. The molecule has 0 atom stereocenters. The van der Waals surface area contributed by atoms with Crippen LogP contribution in [0.2, 0.25) is 0 Å². The summed E-state index contributed by atoms with van der Waals surface area (Å²) in [5.74, 6) is 6.08. The average Bonchev–Trinajstić information content (AvgIpc) is 2.83. The van der Waals surface area contributed by atoms with Crippen molar-refractivity contribution in [2.24, 2.45) is 5.84 Å². The molecule has 8 heteroatoms. The molecular formula is C11H19N7O. The van der Waals surface area contributed by atoms with E-state index in [-0.39, 0.29) is 11.5 Å². The van der Waals surface area contributed by atoms with Crippen LogP contribution in [-0.2, 0) is 0 Å². The van der Waals surface area contributed by atoms with Crippen LogP contribution >= 0.6 is 0 Å². The molecule has 0 unspecified atom stereocenters. The van der Waals surface area contributed by atoms with Crippen LogP contribution in [0.1, 0.15) is 13.8 Å². The molecule has 0 radical (unpaired) electrons. The molecule has 0 aromatic carbocycles. The van der Waals surface area contributed by atoms with Gasteiger partial charge in [0.05, 0.1) is 6.20 Å². The summed E-state index contributed by atoms with van der Waals surface area (Å²) in [5, 5.41) is 7.43. The fourth-order valence-electron chi connectivity index (χ4n) is 1.36. The second-order valence-corrected chi connectivity index (χ2v) is 5.12. The van der Waals surface area contributed by atoms with Crippen LogP contribution in [0.25, 0.3) is 11.0 Å². The van der Waals surface area contributed by atoms with Crippen molar-refractivity contribution in [1.29, 1.82) is 0 Å². The number of likely N-dealkylation sites (N-methyl/N-ethyl adjacent to an activating group) is 1. The molecule has 19 heavy (non-hydrogen) atoms. The number of aromatic nitrogens is 4. The number of rotatable bonds is 5. The standard InChI is InChI=1S/C11H19N7O/c1-11(2,18(3)4)6-19-9-7-5-13-17-8(7)14-10(15-9)16-12/h5H,6,12H2,1-4H3,(H2,13,14,15,16,17). The van der Waals surface area contributed by atoms with Gasteiger partial charge >= 0.3 is 0 Å². The van der Waals surface area contributed by atoms with Crippen molar-refractivity contribution >= 4 is 17.0 Å². The maximum atomic E-state index is 5.80. The van der Waals surface area contributed by atoms with E-state index in [1.807, 2.05) is 14.1 Å². The molecule has 0 aliphatic heterocycles. The fraction of sp³-hybridized carbons (Fsp3) is 0.545. The first-order chi connectivity index (χ1) is 8.94. The minimum absolute atomic E-state index is 0.114. The summed E-state index contributed by atoms with van der Waals surface area (Å²) in [4.78, 5) is 10.4. The van der Waals surface area contributed by atoms with Crippen LogP contribution in [0.3, 0.4) is 0 Å². The molecule has 0 bridgehead atoms. The van der Waals surface area contributed by atoms with Crippen LogP contribution < -0.4 is 16.0 Å². The summed E-state index contributed by atoms with van der Waals surface area (Å²) in [7, 11) is 4.01. The van der Waals surface area contributed by atoms with Gasteiger partial charge in [-0.15, -0.1) is 0 Å². The van der Waals surface area contributed by atoms with Crippen LogP contribution in [0.15, 0.2) is 6.20 Å². The number of H-pyrrole nitrogens is 1. The molecule has 2 heterocycles. The van der Waals surface area contributed by atoms with E-state index in [4.69, 9.17) is 10.6 Å². The van der Waals surface area contributed by atoms with E-state index < -0.39 is 0 Å². The molecule has 4 N–H and O–H groups in total. The Hall–Kier alpha value is -1.93. The van der Waals surface area contributed by atoms with E-state index in [9.17, 15) is 0 Å². The minimum atomic E-state index is -0.114. The highest BCUT2D eigenvalue weighted by atomic mass is 16.5. The number of hydrogen-bond acceptors (Lipinski definition) is 7. The molecular weight excluding hydrogens is 246 g/mol. The molecule has 2 aromatic heterocycles. The third kappa shape index (κ3) is 2.74. The predicted molar refractivity (Wildman–Crippen MR) is 72.8 cm³/mol. The normalized spacial score (nSPS) is 12.1. The second-order valence-electron chi connectivity index (χ2n) is 5.12. The number of ether oxygens (including phenoxy) is 1. The number of aromatic amines is 1. The monoisotopic (exact) mass is 265 g/mol. The topological polar surface area (TPSA) is 105 Å². The number of hydrogen-bond donors (Lipinski definition) is 3. The Morgan fingerprint density at radius 1 is 1.42 bits per heavy atom. The molecule has 104 valence electrons. The number of hydrazine groups is 1. The fourth-order valence-corrected chi connectivity index (χ4v) is 1.36. The lowest BCUT2D eigenvalue weighted by atomic mass is 10.1. The second kappa shape index (κ2) is 4.98. The van der Waals surface area contributed by atoms with Gasteiger partial charge in [0, 0.05) is 5.54 Å². The van der Waals surface area contributed by atoms with Gasteiger partial charge in [0.1, 0.15) is 12.0 Å². The molecule has 0 saturated carbocycles. The van der Waals surface area contributed by atoms with Crippen molar-refractivity contribution in [1.82, 2.24) is 25.1 Å². The number of nitrogens with one attached hydrogen (secondary N) is 2. The Balaban J connectivity index is 2.27. The molecule has 2 aromatic rings. The number of nitrogen functional groups attached to an aromatic ring is 1. The van der Waals surface area contributed by atoms with Gasteiger partial charge < -0.3 is 9.64 Å². The van der Waals surface area contributed by atoms with E-state index in [1.54, 1.807) is 6.20 Å². The molecule has 0 saturated heterocycles. The SMILES string of the molecule is CN(C)C(C)(C)COc1nc(NN)nc2[nH]ncc12. The van der Waals surface area contributed by atoms with Crippen molar-refractivity contribution in [2.75, 3.05) is 26.1 Å². The molecule has 0 fully saturated rings. The van der Waals surface area contributed by atoms with Gasteiger partial charge in [0.25, 0.3) is 0 Å². The summed E-state index contributed by atoms with van der Waals surface area (Å²) in [5.41, 5.74) is 2.88. The van der Waals surface area contributed by atoms with E-state index >= 15 is 0 Å². The predicted octanol–water partition coefficient (Wildman–Crippen LogP) is 0.358. The van der Waals surface area contributed by atoms with Crippen LogP contribution in [-0.4, -0.2) is 51.3 Å². The van der Waals surface area contributed by atoms with Crippen molar-refractivity contribution in [3.8, 4) is 5.88 Å². The third-order valence-corrected chi connectivity index (χ3v) is 3.18. The van der Waals surface area contributed by atoms with Crippen LogP contribution in [0.4, 0.5) is 5.95 Å². The van der Waals surface area contributed by atoms with Crippen molar-refractivity contribution < 1.29 is 4.74 Å². The minimum Gasteiger partial charge on any atom is -0.475 e. The Kier molecular flexibility index (Phi) is 3.54. The first-order valence-corrected chi connectivity index (χ1v) is 5.92. The Bertz CT molecular complexity index is 563. The Morgan fingerprint density at radius 3 is 2.79 bits per heavy atom. The number of nitrogens with two attached hydrogens (primary N) is 1. The van der Waals surface area contributed by atoms with E-state index in [2.05, 4.69) is 44.3 Å². The maximum absolute atomic E-state index is 5.80. The highest BCUT2D eigenvalue weighted by Gasteiger charge is 2.22. The molecule has 0 spiro atoms.